The van der Waals surface area contributed by atoms with Crippen molar-refractivity contribution < 1.29 is 9.90 Å². The van der Waals surface area contributed by atoms with E-state index in [-0.39, 0.29) is 12.4 Å². The summed E-state index contributed by atoms with van der Waals surface area (Å²) in [6.07, 6.45) is 1.96. The number of carbonyl (C=O) groups is 1. The molecular weight excluding hydrogens is 188 g/mol. The molecule has 0 atom stereocenters. The maximum Gasteiger partial charge on any atom is 0.163 e. The smallest absolute Gasteiger partial charge is 0.163 e. The lowest BCUT2D eigenvalue weighted by Gasteiger charge is -1.97. The van der Waals surface area contributed by atoms with Crippen LogP contribution in [0, 0.1) is 11.8 Å². The van der Waals surface area contributed by atoms with Gasteiger partial charge in [0.1, 0.15) is 0 Å². The third-order valence-electron chi connectivity index (χ3n) is 2.50. The topological polar surface area (TPSA) is 37.3 Å². The highest BCUT2D eigenvalue weighted by molar-refractivity contribution is 6.00. The second-order valence-electron chi connectivity index (χ2n) is 3.57. The molecule has 76 valence electrons. The number of hydrogen-bond acceptors (Lipinski definition) is 2. The number of carbonyl (C=O) groups excluding carboxylic acids is 1. The van der Waals surface area contributed by atoms with Crippen molar-refractivity contribution in [1.29, 1.82) is 0 Å². The van der Waals surface area contributed by atoms with E-state index in [1.807, 2.05) is 18.2 Å². The van der Waals surface area contributed by atoms with Gasteiger partial charge in [0.05, 0.1) is 6.61 Å². The average molecular weight is 200 g/mol. The summed E-state index contributed by atoms with van der Waals surface area (Å²) in [5.41, 5.74) is 2.88. The molecule has 0 spiro atoms. The molecule has 2 heteroatoms. The summed E-state index contributed by atoms with van der Waals surface area (Å²) in [5.74, 6) is 6.07. The maximum absolute atomic E-state index is 11.4. The van der Waals surface area contributed by atoms with Crippen molar-refractivity contribution in [2.75, 3.05) is 6.61 Å². The summed E-state index contributed by atoms with van der Waals surface area (Å²) in [6.45, 7) is 0.0937. The van der Waals surface area contributed by atoms with Gasteiger partial charge >= 0.3 is 0 Å². The lowest BCUT2D eigenvalue weighted by atomic mass is 10.1. The molecule has 1 aliphatic carbocycles. The fourth-order valence-electron chi connectivity index (χ4n) is 1.75. The second kappa shape index (κ2) is 4.29. The van der Waals surface area contributed by atoms with Crippen molar-refractivity contribution in [3.8, 4) is 11.8 Å². The van der Waals surface area contributed by atoms with Crippen molar-refractivity contribution in [1.82, 2.24) is 0 Å². The zero-order valence-corrected chi connectivity index (χ0v) is 8.42. The Kier molecular flexibility index (Phi) is 2.84. The Morgan fingerprint density at radius 1 is 1.33 bits per heavy atom. The van der Waals surface area contributed by atoms with E-state index in [0.29, 0.717) is 12.8 Å². The number of hydrogen-bond donors (Lipinski definition) is 1. The van der Waals surface area contributed by atoms with Crippen LogP contribution in [0.5, 0.6) is 0 Å². The molecule has 0 fully saturated rings. The van der Waals surface area contributed by atoms with Crippen LogP contribution in [-0.2, 0) is 6.42 Å². The molecule has 2 rings (SSSR count). The Bertz CT molecular complexity index is 449. The van der Waals surface area contributed by atoms with Crippen LogP contribution in [0.25, 0.3) is 0 Å². The minimum atomic E-state index is 0.0937. The number of ketones is 1. The molecule has 0 saturated carbocycles. The Hall–Kier alpha value is -1.59. The lowest BCUT2D eigenvalue weighted by Crippen LogP contribution is -1.90. The molecule has 15 heavy (non-hydrogen) atoms. The number of fused-ring (bicyclic) bond motifs is 1. The summed E-state index contributed by atoms with van der Waals surface area (Å²) in [7, 11) is 0. The molecule has 1 aromatic carbocycles. The van der Waals surface area contributed by atoms with Gasteiger partial charge < -0.3 is 5.11 Å². The van der Waals surface area contributed by atoms with Gasteiger partial charge in [-0.25, -0.2) is 0 Å². The summed E-state index contributed by atoms with van der Waals surface area (Å²) >= 11 is 0. The monoisotopic (exact) mass is 200 g/mol. The molecule has 0 saturated heterocycles. The first kappa shape index (κ1) is 9.95. The van der Waals surface area contributed by atoms with Gasteiger partial charge in [0.15, 0.2) is 5.78 Å². The van der Waals surface area contributed by atoms with Gasteiger partial charge in [0.25, 0.3) is 0 Å². The van der Waals surface area contributed by atoms with Gasteiger partial charge in [-0.1, -0.05) is 11.8 Å². The van der Waals surface area contributed by atoms with Gasteiger partial charge in [-0.15, -0.1) is 0 Å². The minimum Gasteiger partial charge on any atom is -0.395 e. The van der Waals surface area contributed by atoms with E-state index in [2.05, 4.69) is 11.8 Å². The predicted molar refractivity (Wildman–Crippen MR) is 57.7 cm³/mol. The van der Waals surface area contributed by atoms with Gasteiger partial charge in [0, 0.05) is 24.0 Å². The molecular formula is C13H12O2. The van der Waals surface area contributed by atoms with Crippen LogP contribution in [0.3, 0.4) is 0 Å². The second-order valence-corrected chi connectivity index (χ2v) is 3.57. The molecule has 0 radical (unpaired) electrons. The van der Waals surface area contributed by atoms with Crippen LogP contribution in [0.4, 0.5) is 0 Å². The summed E-state index contributed by atoms with van der Waals surface area (Å²) in [5, 5.41) is 8.59. The van der Waals surface area contributed by atoms with Crippen molar-refractivity contribution in [2.45, 2.75) is 19.3 Å². The van der Waals surface area contributed by atoms with Crippen molar-refractivity contribution in [3.05, 3.63) is 34.9 Å². The average Bonchev–Trinajstić information content (AvgIpc) is 2.61. The Balaban J connectivity index is 2.24. The van der Waals surface area contributed by atoms with Crippen LogP contribution in [0.15, 0.2) is 18.2 Å². The van der Waals surface area contributed by atoms with Crippen LogP contribution in [-0.4, -0.2) is 17.5 Å². The Morgan fingerprint density at radius 2 is 2.20 bits per heavy atom. The van der Waals surface area contributed by atoms with E-state index in [1.54, 1.807) is 0 Å². The van der Waals surface area contributed by atoms with Gasteiger partial charge in [0.2, 0.25) is 0 Å². The van der Waals surface area contributed by atoms with Crippen LogP contribution in [0.2, 0.25) is 0 Å². The van der Waals surface area contributed by atoms with E-state index in [1.165, 1.54) is 0 Å². The van der Waals surface area contributed by atoms with E-state index < -0.39 is 0 Å². The number of aryl methyl sites for hydroxylation is 1. The molecule has 0 bridgehead atoms. The summed E-state index contributed by atoms with van der Waals surface area (Å²) < 4.78 is 0. The number of rotatable bonds is 1. The SMILES string of the molecule is O=C1CCc2cc(C#CCCO)ccc21. The van der Waals surface area contributed by atoms with Crippen LogP contribution in [0.1, 0.15) is 34.3 Å². The maximum atomic E-state index is 11.4. The molecule has 0 unspecified atom stereocenters. The Morgan fingerprint density at radius 3 is 3.00 bits per heavy atom. The lowest BCUT2D eigenvalue weighted by molar-refractivity contribution is 0.0994. The molecule has 0 aromatic heterocycles. The third-order valence-corrected chi connectivity index (χ3v) is 2.50. The normalized spacial score (nSPS) is 13.3. The number of aliphatic hydroxyl groups excluding tert-OH is 1. The Labute approximate surface area is 88.9 Å². The van der Waals surface area contributed by atoms with Crippen molar-refractivity contribution in [2.24, 2.45) is 0 Å². The number of benzene rings is 1. The van der Waals surface area contributed by atoms with Crippen LogP contribution < -0.4 is 0 Å². The molecule has 0 aliphatic heterocycles. The number of aliphatic hydroxyl groups is 1. The highest BCUT2D eigenvalue weighted by atomic mass is 16.2. The van der Waals surface area contributed by atoms with Crippen LogP contribution >= 0.6 is 0 Å². The fraction of sp³-hybridized carbons (Fsp3) is 0.308. The van der Waals surface area contributed by atoms with E-state index in [9.17, 15) is 4.79 Å². The van der Waals surface area contributed by atoms with E-state index in [4.69, 9.17) is 5.11 Å². The van der Waals surface area contributed by atoms with Crippen molar-refractivity contribution >= 4 is 5.78 Å². The molecule has 0 amide bonds. The zero-order chi connectivity index (χ0) is 10.7. The van der Waals surface area contributed by atoms with Gasteiger partial charge in [-0.3, -0.25) is 4.79 Å². The quantitative estimate of drug-likeness (QED) is 0.698. The molecule has 0 heterocycles. The standard InChI is InChI=1S/C13H12O2/c14-8-2-1-3-10-4-6-12-11(9-10)5-7-13(12)15/h4,6,9,14H,2,5,7-8H2. The third kappa shape index (κ3) is 2.08. The van der Waals surface area contributed by atoms with Gasteiger partial charge in [-0.2, -0.15) is 0 Å². The first-order valence-electron chi connectivity index (χ1n) is 5.07. The van der Waals surface area contributed by atoms with E-state index in [0.717, 1.165) is 23.1 Å². The fourth-order valence-corrected chi connectivity index (χ4v) is 1.75. The van der Waals surface area contributed by atoms with Gasteiger partial charge in [-0.05, 0) is 30.2 Å². The first-order chi connectivity index (χ1) is 7.31. The molecule has 1 aromatic rings. The highest BCUT2D eigenvalue weighted by Gasteiger charge is 2.18. The zero-order valence-electron chi connectivity index (χ0n) is 8.42. The first-order valence-corrected chi connectivity index (χ1v) is 5.07. The molecule has 1 N–H and O–H groups in total. The summed E-state index contributed by atoms with van der Waals surface area (Å²) in [4.78, 5) is 11.4. The highest BCUT2D eigenvalue weighted by Crippen LogP contribution is 2.22. The minimum absolute atomic E-state index is 0.0937. The molecule has 1 aliphatic rings. The molecule has 2 nitrogen and oxygen atoms in total. The predicted octanol–water partition coefficient (Wildman–Crippen LogP) is 1.55. The number of Topliss-reactive ketones (excluding diaryl/α,β-unsaturated/α-hetero) is 1. The van der Waals surface area contributed by atoms with E-state index >= 15 is 0 Å². The van der Waals surface area contributed by atoms with Crippen molar-refractivity contribution in [3.63, 3.8) is 0 Å². The summed E-state index contributed by atoms with van der Waals surface area (Å²) in [6, 6.07) is 5.70. The largest absolute Gasteiger partial charge is 0.395 e.